The third kappa shape index (κ3) is 5.49. The summed E-state index contributed by atoms with van der Waals surface area (Å²) in [4.78, 5) is 4.77. The van der Waals surface area contributed by atoms with Gasteiger partial charge in [0.25, 0.3) is 0 Å². The maximum absolute atomic E-state index is 6.08. The van der Waals surface area contributed by atoms with E-state index in [1.54, 1.807) is 12.2 Å². The van der Waals surface area contributed by atoms with E-state index < -0.39 is 0 Å². The Balaban J connectivity index is 3.63. The van der Waals surface area contributed by atoms with E-state index in [2.05, 4.69) is 20.1 Å². The van der Waals surface area contributed by atoms with Gasteiger partial charge in [0.05, 0.1) is 12.3 Å². The minimum absolute atomic E-state index is 0.670. The summed E-state index contributed by atoms with van der Waals surface area (Å²) in [5, 5.41) is 0. The molecule has 0 spiro atoms. The molecule has 0 radical (unpaired) electrons. The van der Waals surface area contributed by atoms with Crippen LogP contribution in [0.5, 0.6) is 5.88 Å². The van der Waals surface area contributed by atoms with Gasteiger partial charge in [-0.05, 0) is 39.3 Å². The normalized spacial score (nSPS) is 13.0. The summed E-state index contributed by atoms with van der Waals surface area (Å²) in [7, 11) is 0. The third-order valence-corrected chi connectivity index (χ3v) is 3.52. The maximum Gasteiger partial charge on any atom is 0.221 e. The van der Waals surface area contributed by atoms with Crippen molar-refractivity contribution in [1.29, 1.82) is 0 Å². The zero-order valence-corrected chi connectivity index (χ0v) is 16.0. The fraction of sp³-hybridized carbons (Fsp3) is 0.318. The van der Waals surface area contributed by atoms with Gasteiger partial charge in [-0.1, -0.05) is 63.0 Å². The van der Waals surface area contributed by atoms with E-state index >= 15 is 0 Å². The molecule has 1 rings (SSSR count). The monoisotopic (exact) mass is 338 g/mol. The number of nitrogens with zero attached hydrogens (tertiary/aromatic N) is 2. The summed E-state index contributed by atoms with van der Waals surface area (Å²) in [6.07, 6.45) is 17.6. The molecule has 0 saturated carbocycles. The summed E-state index contributed by atoms with van der Waals surface area (Å²) < 4.78 is 8.13. The molecule has 0 N–H and O–H groups in total. The largest absolute Gasteiger partial charge is 0.477 e. The molecule has 0 unspecified atom stereocenters. The average molecular weight is 338 g/mol. The number of unbranched alkanes of at least 4 members (excludes halogenated alkanes) is 1. The van der Waals surface area contributed by atoms with Crippen molar-refractivity contribution in [3.63, 3.8) is 0 Å². The van der Waals surface area contributed by atoms with E-state index in [1.807, 2.05) is 61.8 Å². The van der Waals surface area contributed by atoms with Crippen LogP contribution >= 0.6 is 0 Å². The number of ether oxygens (including phenoxy) is 1. The molecule has 0 aliphatic rings. The predicted molar refractivity (Wildman–Crippen MR) is 110 cm³/mol. The van der Waals surface area contributed by atoms with Crippen LogP contribution in [0.15, 0.2) is 61.8 Å². The standard InChI is InChI=1S/C22H30N2O/c1-7-12-17-25-22-18(6)23-21(19(13-8-2)14-9-3)24(22)20(15-10-4)16-11-5/h8-11,13-16H,2,4,7,12,17H2,1,3,5-6H3/b14-9-,16-11-,19-13+,20-15+. The van der Waals surface area contributed by atoms with Gasteiger partial charge in [0.1, 0.15) is 11.5 Å². The van der Waals surface area contributed by atoms with Crippen molar-refractivity contribution in [3.8, 4) is 5.88 Å². The molecule has 0 atom stereocenters. The Hall–Kier alpha value is -2.55. The molecule has 25 heavy (non-hydrogen) atoms. The molecule has 0 aliphatic heterocycles. The molecule has 134 valence electrons. The second-order valence-electron chi connectivity index (χ2n) is 5.55. The van der Waals surface area contributed by atoms with Crippen LogP contribution in [0.2, 0.25) is 0 Å². The molecule has 0 aliphatic carbocycles. The number of rotatable bonds is 10. The van der Waals surface area contributed by atoms with Crippen LogP contribution in [-0.2, 0) is 0 Å². The fourth-order valence-electron chi connectivity index (χ4n) is 2.44. The first-order chi connectivity index (χ1) is 12.1. The Morgan fingerprint density at radius 2 is 1.80 bits per heavy atom. The summed E-state index contributed by atoms with van der Waals surface area (Å²) in [5.74, 6) is 1.60. The lowest BCUT2D eigenvalue weighted by atomic mass is 10.2. The molecule has 3 heteroatoms. The Morgan fingerprint density at radius 1 is 1.12 bits per heavy atom. The van der Waals surface area contributed by atoms with E-state index in [9.17, 15) is 0 Å². The summed E-state index contributed by atoms with van der Waals surface area (Å²) >= 11 is 0. The summed E-state index contributed by atoms with van der Waals surface area (Å²) in [5.41, 5.74) is 2.80. The molecule has 0 bridgehead atoms. The first-order valence-corrected chi connectivity index (χ1v) is 8.78. The number of hydrogen-bond donors (Lipinski definition) is 0. The molecule has 0 aromatic carbocycles. The first kappa shape index (κ1) is 20.5. The van der Waals surface area contributed by atoms with Gasteiger partial charge in [-0.25, -0.2) is 4.98 Å². The van der Waals surface area contributed by atoms with E-state index in [0.717, 1.165) is 41.5 Å². The van der Waals surface area contributed by atoms with Gasteiger partial charge >= 0.3 is 0 Å². The van der Waals surface area contributed by atoms with Gasteiger partial charge in [0.2, 0.25) is 5.88 Å². The Morgan fingerprint density at radius 3 is 2.36 bits per heavy atom. The van der Waals surface area contributed by atoms with Crippen LogP contribution < -0.4 is 4.74 Å². The lowest BCUT2D eigenvalue weighted by Crippen LogP contribution is -2.07. The minimum Gasteiger partial charge on any atom is -0.477 e. The van der Waals surface area contributed by atoms with Gasteiger partial charge in [-0.15, -0.1) is 0 Å². The fourth-order valence-corrected chi connectivity index (χ4v) is 2.44. The van der Waals surface area contributed by atoms with Crippen molar-refractivity contribution in [3.05, 3.63) is 73.3 Å². The van der Waals surface area contributed by atoms with E-state index in [4.69, 9.17) is 9.72 Å². The van der Waals surface area contributed by atoms with E-state index in [1.165, 1.54) is 0 Å². The number of imidazole rings is 1. The second kappa shape index (κ2) is 11.1. The van der Waals surface area contributed by atoms with Gasteiger partial charge in [-0.2, -0.15) is 0 Å². The quantitative estimate of drug-likeness (QED) is 0.379. The van der Waals surface area contributed by atoms with Crippen molar-refractivity contribution in [2.45, 2.75) is 40.5 Å². The Labute approximate surface area is 152 Å². The molecule has 1 heterocycles. The SMILES string of the molecule is C=C/C=C(\C=C/C)c1nc(C)c(OCCCC)n1C(/C=C\C)=C/C=C. The maximum atomic E-state index is 6.08. The highest BCUT2D eigenvalue weighted by molar-refractivity contribution is 5.76. The van der Waals surface area contributed by atoms with Crippen molar-refractivity contribution in [2.75, 3.05) is 6.61 Å². The summed E-state index contributed by atoms with van der Waals surface area (Å²) in [6.45, 7) is 16.4. The van der Waals surface area contributed by atoms with E-state index in [-0.39, 0.29) is 0 Å². The number of aryl methyl sites for hydroxylation is 1. The van der Waals surface area contributed by atoms with Crippen LogP contribution in [0.1, 0.15) is 45.1 Å². The van der Waals surface area contributed by atoms with Gasteiger partial charge < -0.3 is 4.74 Å². The molecule has 0 saturated heterocycles. The lowest BCUT2D eigenvalue weighted by Gasteiger charge is -2.14. The third-order valence-electron chi connectivity index (χ3n) is 3.52. The van der Waals surface area contributed by atoms with Crippen molar-refractivity contribution in [1.82, 2.24) is 9.55 Å². The molecule has 1 aromatic heterocycles. The van der Waals surface area contributed by atoms with Crippen LogP contribution in [0.25, 0.3) is 11.3 Å². The molecular weight excluding hydrogens is 308 g/mol. The first-order valence-electron chi connectivity index (χ1n) is 8.78. The number of aromatic nitrogens is 2. The predicted octanol–water partition coefficient (Wildman–Crippen LogP) is 6.12. The van der Waals surface area contributed by atoms with Crippen LogP contribution in [-0.4, -0.2) is 16.2 Å². The lowest BCUT2D eigenvalue weighted by molar-refractivity contribution is 0.291. The van der Waals surface area contributed by atoms with Crippen LogP contribution in [0, 0.1) is 6.92 Å². The average Bonchev–Trinajstić information content (AvgIpc) is 2.91. The Kier molecular flexibility index (Phi) is 9.09. The highest BCUT2D eigenvalue weighted by Crippen LogP contribution is 2.30. The topological polar surface area (TPSA) is 27.1 Å². The molecular formula is C22H30N2O. The van der Waals surface area contributed by atoms with Gasteiger partial charge in [0, 0.05) is 5.57 Å². The zero-order valence-electron chi connectivity index (χ0n) is 16.0. The van der Waals surface area contributed by atoms with Crippen molar-refractivity contribution >= 4 is 11.3 Å². The number of hydrogen-bond acceptors (Lipinski definition) is 2. The van der Waals surface area contributed by atoms with Crippen LogP contribution in [0.4, 0.5) is 0 Å². The second-order valence-corrected chi connectivity index (χ2v) is 5.55. The van der Waals surface area contributed by atoms with Crippen LogP contribution in [0.3, 0.4) is 0 Å². The van der Waals surface area contributed by atoms with E-state index in [0.29, 0.717) is 6.61 Å². The van der Waals surface area contributed by atoms with Gasteiger partial charge in [-0.3, -0.25) is 4.57 Å². The summed E-state index contributed by atoms with van der Waals surface area (Å²) in [6, 6.07) is 0. The zero-order chi connectivity index (χ0) is 18.7. The minimum atomic E-state index is 0.670. The number of allylic oxidation sites excluding steroid dienone is 10. The molecule has 0 amide bonds. The van der Waals surface area contributed by atoms with Crippen molar-refractivity contribution in [2.24, 2.45) is 0 Å². The highest BCUT2D eigenvalue weighted by Gasteiger charge is 2.19. The molecule has 3 nitrogen and oxygen atoms in total. The Bertz CT molecular complexity index is 700. The molecule has 0 fully saturated rings. The van der Waals surface area contributed by atoms with Gasteiger partial charge in [0.15, 0.2) is 0 Å². The highest BCUT2D eigenvalue weighted by atomic mass is 16.5. The smallest absolute Gasteiger partial charge is 0.221 e. The van der Waals surface area contributed by atoms with Crippen molar-refractivity contribution < 1.29 is 4.74 Å². The molecule has 1 aromatic rings.